The van der Waals surface area contributed by atoms with Crippen molar-refractivity contribution in [1.29, 1.82) is 0 Å². The summed E-state index contributed by atoms with van der Waals surface area (Å²) in [6.45, 7) is 3.14. The van der Waals surface area contributed by atoms with Gasteiger partial charge in [0.05, 0.1) is 5.69 Å². The molecular formula is C15H19N3S. The van der Waals surface area contributed by atoms with Gasteiger partial charge in [0.1, 0.15) is 0 Å². The van der Waals surface area contributed by atoms with Gasteiger partial charge in [0.25, 0.3) is 0 Å². The Morgan fingerprint density at radius 3 is 2.89 bits per heavy atom. The lowest BCUT2D eigenvalue weighted by molar-refractivity contribution is 0.299. The number of aryl methyl sites for hydroxylation is 1. The van der Waals surface area contributed by atoms with Crippen LogP contribution >= 0.6 is 11.3 Å². The zero-order valence-electron chi connectivity index (χ0n) is 11.1. The van der Waals surface area contributed by atoms with Gasteiger partial charge in [-0.1, -0.05) is 37.3 Å². The molecule has 1 atom stereocenters. The van der Waals surface area contributed by atoms with Crippen LogP contribution in [0.15, 0.2) is 30.3 Å². The number of nitrogens with one attached hydrogen (secondary N) is 1. The zero-order valence-corrected chi connectivity index (χ0v) is 12.0. The molecule has 1 heterocycles. The van der Waals surface area contributed by atoms with Crippen LogP contribution in [0.3, 0.4) is 0 Å². The number of hydrogen-bond acceptors (Lipinski definition) is 4. The molecule has 1 aromatic carbocycles. The maximum absolute atomic E-state index is 5.85. The van der Waals surface area contributed by atoms with E-state index in [4.69, 9.17) is 5.73 Å². The number of aromatic nitrogens is 1. The summed E-state index contributed by atoms with van der Waals surface area (Å²) in [5.74, 6) is 0. The van der Waals surface area contributed by atoms with Gasteiger partial charge in [0, 0.05) is 16.8 Å². The van der Waals surface area contributed by atoms with E-state index in [1.807, 2.05) is 0 Å². The molecule has 4 heteroatoms. The Bertz CT molecular complexity index is 564. The summed E-state index contributed by atoms with van der Waals surface area (Å²) in [6, 6.07) is 10.7. The van der Waals surface area contributed by atoms with Gasteiger partial charge in [-0.25, -0.2) is 4.98 Å². The summed E-state index contributed by atoms with van der Waals surface area (Å²) in [7, 11) is 0. The molecular weight excluding hydrogens is 254 g/mol. The first-order valence-electron chi connectivity index (χ1n) is 6.78. The Labute approximate surface area is 117 Å². The molecule has 3 rings (SSSR count). The molecule has 100 valence electrons. The van der Waals surface area contributed by atoms with E-state index in [9.17, 15) is 0 Å². The Hall–Kier alpha value is -1.39. The van der Waals surface area contributed by atoms with E-state index >= 15 is 0 Å². The Balaban J connectivity index is 2.00. The minimum absolute atomic E-state index is 0.0436. The largest absolute Gasteiger partial charge is 0.375 e. The highest BCUT2D eigenvalue weighted by Crippen LogP contribution is 2.39. The first-order chi connectivity index (χ1) is 9.23. The molecule has 3 N–H and O–H groups in total. The molecule has 1 aliphatic carbocycles. The van der Waals surface area contributed by atoms with Crippen molar-refractivity contribution in [1.82, 2.24) is 10.3 Å². The van der Waals surface area contributed by atoms with Crippen molar-refractivity contribution in [2.24, 2.45) is 0 Å². The second kappa shape index (κ2) is 4.94. The van der Waals surface area contributed by atoms with Crippen LogP contribution < -0.4 is 11.1 Å². The average Bonchev–Trinajstić information content (AvgIpc) is 2.79. The van der Waals surface area contributed by atoms with Crippen molar-refractivity contribution in [3.8, 4) is 0 Å². The second-order valence-corrected chi connectivity index (χ2v) is 6.19. The Morgan fingerprint density at radius 1 is 1.37 bits per heavy atom. The van der Waals surface area contributed by atoms with Crippen LogP contribution in [-0.2, 0) is 18.4 Å². The first kappa shape index (κ1) is 12.6. The normalized spacial score (nSPS) is 22.2. The second-order valence-electron chi connectivity index (χ2n) is 5.08. The number of nitrogens with two attached hydrogens (primary N) is 1. The number of fused-ring (bicyclic) bond motifs is 1. The number of nitrogen functional groups attached to an aromatic ring is 1. The molecule has 19 heavy (non-hydrogen) atoms. The minimum Gasteiger partial charge on any atom is -0.375 e. The molecule has 0 fully saturated rings. The number of likely N-dealkylation sites (N-methyl/N-ethyl adjacent to an activating group) is 1. The third kappa shape index (κ3) is 2.26. The van der Waals surface area contributed by atoms with Gasteiger partial charge in [-0.05, 0) is 24.9 Å². The topological polar surface area (TPSA) is 50.9 Å². The highest BCUT2D eigenvalue weighted by molar-refractivity contribution is 7.15. The molecule has 1 unspecified atom stereocenters. The maximum Gasteiger partial charge on any atom is 0.180 e. The highest BCUT2D eigenvalue weighted by Gasteiger charge is 2.36. The Morgan fingerprint density at radius 2 is 2.16 bits per heavy atom. The fraction of sp³-hybridized carbons (Fsp3) is 0.400. The summed E-state index contributed by atoms with van der Waals surface area (Å²) in [6.07, 6.45) is 3.08. The van der Waals surface area contributed by atoms with Gasteiger partial charge in [0.2, 0.25) is 0 Å². The monoisotopic (exact) mass is 273 g/mol. The van der Waals surface area contributed by atoms with Crippen LogP contribution in [0.5, 0.6) is 0 Å². The van der Waals surface area contributed by atoms with Crippen molar-refractivity contribution in [2.45, 2.75) is 31.7 Å². The van der Waals surface area contributed by atoms with E-state index in [0.29, 0.717) is 5.13 Å². The molecule has 1 aliphatic rings. The van der Waals surface area contributed by atoms with Crippen LogP contribution in [-0.4, -0.2) is 11.5 Å². The summed E-state index contributed by atoms with van der Waals surface area (Å²) in [5, 5.41) is 4.40. The number of benzene rings is 1. The fourth-order valence-corrected chi connectivity index (χ4v) is 4.02. The highest BCUT2D eigenvalue weighted by atomic mass is 32.1. The van der Waals surface area contributed by atoms with Crippen LogP contribution in [0.4, 0.5) is 5.13 Å². The van der Waals surface area contributed by atoms with Crippen molar-refractivity contribution < 1.29 is 0 Å². The van der Waals surface area contributed by atoms with E-state index in [0.717, 1.165) is 25.8 Å². The number of nitrogens with zero attached hydrogens (tertiary/aromatic N) is 1. The van der Waals surface area contributed by atoms with E-state index < -0.39 is 0 Å². The summed E-state index contributed by atoms with van der Waals surface area (Å²) < 4.78 is 0. The van der Waals surface area contributed by atoms with Crippen molar-refractivity contribution in [3.05, 3.63) is 46.5 Å². The van der Waals surface area contributed by atoms with Gasteiger partial charge in [0.15, 0.2) is 5.13 Å². The molecule has 0 spiro atoms. The van der Waals surface area contributed by atoms with Crippen LogP contribution in [0.1, 0.15) is 29.5 Å². The number of thiazole rings is 1. The van der Waals surface area contributed by atoms with Gasteiger partial charge in [-0.3, -0.25) is 0 Å². The summed E-state index contributed by atoms with van der Waals surface area (Å²) in [4.78, 5) is 5.78. The molecule has 2 aromatic rings. The van der Waals surface area contributed by atoms with Gasteiger partial charge < -0.3 is 11.1 Å². The number of rotatable bonds is 3. The molecule has 3 nitrogen and oxygen atoms in total. The quantitative estimate of drug-likeness (QED) is 0.904. The van der Waals surface area contributed by atoms with Crippen molar-refractivity contribution in [2.75, 3.05) is 12.3 Å². The zero-order chi connectivity index (χ0) is 13.3. The van der Waals surface area contributed by atoms with Crippen LogP contribution in [0.25, 0.3) is 0 Å². The van der Waals surface area contributed by atoms with Gasteiger partial charge in [-0.15, -0.1) is 11.3 Å². The minimum atomic E-state index is 0.0436. The van der Waals surface area contributed by atoms with E-state index in [-0.39, 0.29) is 5.54 Å². The Kier molecular flexibility index (Phi) is 3.29. The molecule has 0 aliphatic heterocycles. The summed E-state index contributed by atoms with van der Waals surface area (Å²) in [5.41, 5.74) is 8.46. The molecule has 0 saturated carbocycles. The third-order valence-corrected chi connectivity index (χ3v) is 4.81. The first-order valence-corrected chi connectivity index (χ1v) is 7.60. The molecule has 1 aromatic heterocycles. The molecule has 0 bridgehead atoms. The smallest absolute Gasteiger partial charge is 0.180 e. The predicted octanol–water partition coefficient (Wildman–Crippen LogP) is 2.72. The predicted molar refractivity (Wildman–Crippen MR) is 80.3 cm³/mol. The van der Waals surface area contributed by atoms with Gasteiger partial charge in [-0.2, -0.15) is 0 Å². The van der Waals surface area contributed by atoms with E-state index in [2.05, 4.69) is 47.6 Å². The lowest BCUT2D eigenvalue weighted by atomic mass is 9.77. The van der Waals surface area contributed by atoms with Crippen LogP contribution in [0, 0.1) is 0 Å². The molecule has 0 saturated heterocycles. The third-order valence-electron chi connectivity index (χ3n) is 3.89. The van der Waals surface area contributed by atoms with E-state index in [1.165, 1.54) is 16.1 Å². The van der Waals surface area contributed by atoms with Crippen LogP contribution in [0.2, 0.25) is 0 Å². The maximum atomic E-state index is 5.85. The lowest BCUT2D eigenvalue weighted by Gasteiger charge is -2.38. The fourth-order valence-electron chi connectivity index (χ4n) is 3.03. The summed E-state index contributed by atoms with van der Waals surface area (Å²) >= 11 is 1.64. The SMILES string of the molecule is CCNC1(c2ccccc2)CCc2nc(N)sc2C1. The molecule has 0 radical (unpaired) electrons. The van der Waals surface area contributed by atoms with Crippen molar-refractivity contribution in [3.63, 3.8) is 0 Å². The van der Waals surface area contributed by atoms with E-state index in [1.54, 1.807) is 11.3 Å². The average molecular weight is 273 g/mol. The van der Waals surface area contributed by atoms with Gasteiger partial charge >= 0.3 is 0 Å². The molecule has 0 amide bonds. The number of hydrogen-bond donors (Lipinski definition) is 2. The lowest BCUT2D eigenvalue weighted by Crippen LogP contribution is -2.46. The number of anilines is 1. The van der Waals surface area contributed by atoms with Crippen molar-refractivity contribution >= 4 is 16.5 Å². The standard InChI is InChI=1S/C15H19N3S/c1-2-17-15(11-6-4-3-5-7-11)9-8-12-13(10-15)19-14(16)18-12/h3-7,17H,2,8-10H2,1H3,(H2,16,18).